The maximum atomic E-state index is 9.33. The van der Waals surface area contributed by atoms with Gasteiger partial charge in [-0.05, 0) is 37.0 Å². The van der Waals surface area contributed by atoms with E-state index < -0.39 is 0 Å². The fourth-order valence-corrected chi connectivity index (χ4v) is 1.99. The quantitative estimate of drug-likeness (QED) is 0.710. The van der Waals surface area contributed by atoms with Crippen molar-refractivity contribution in [3.05, 3.63) is 22.7 Å². The second kappa shape index (κ2) is 6.12. The molecule has 1 unspecified atom stereocenters. The summed E-state index contributed by atoms with van der Waals surface area (Å²) in [7, 11) is 0. The Kier molecular flexibility index (Phi) is 5.09. The third-order valence-electron chi connectivity index (χ3n) is 2.68. The van der Waals surface area contributed by atoms with Gasteiger partial charge in [0.1, 0.15) is 0 Å². The number of rotatable bonds is 5. The number of anilines is 2. The molecule has 17 heavy (non-hydrogen) atoms. The van der Waals surface area contributed by atoms with Crippen molar-refractivity contribution >= 4 is 23.0 Å². The van der Waals surface area contributed by atoms with E-state index in [-0.39, 0.29) is 12.6 Å². The number of aryl methyl sites for hydroxylation is 1. The van der Waals surface area contributed by atoms with Gasteiger partial charge in [0.05, 0.1) is 17.3 Å². The van der Waals surface area contributed by atoms with Crippen LogP contribution in [-0.4, -0.2) is 17.8 Å². The van der Waals surface area contributed by atoms with E-state index in [0.29, 0.717) is 16.6 Å². The van der Waals surface area contributed by atoms with Crippen LogP contribution in [-0.2, 0) is 0 Å². The van der Waals surface area contributed by atoms with Crippen LogP contribution in [0.3, 0.4) is 0 Å². The van der Waals surface area contributed by atoms with Crippen LogP contribution in [0.4, 0.5) is 11.4 Å². The average Bonchev–Trinajstić information content (AvgIpc) is 2.24. The third kappa shape index (κ3) is 4.10. The fourth-order valence-electron chi connectivity index (χ4n) is 1.83. The Morgan fingerprint density at radius 1 is 1.41 bits per heavy atom. The van der Waals surface area contributed by atoms with E-state index in [2.05, 4.69) is 19.2 Å². The van der Waals surface area contributed by atoms with Crippen LogP contribution in [0.5, 0.6) is 0 Å². The smallest absolute Gasteiger partial charge is 0.0656 e. The van der Waals surface area contributed by atoms with Gasteiger partial charge in [-0.15, -0.1) is 0 Å². The highest BCUT2D eigenvalue weighted by molar-refractivity contribution is 6.33. The van der Waals surface area contributed by atoms with Gasteiger partial charge in [0, 0.05) is 11.7 Å². The van der Waals surface area contributed by atoms with E-state index in [1.807, 2.05) is 19.1 Å². The van der Waals surface area contributed by atoms with Gasteiger partial charge in [-0.1, -0.05) is 25.4 Å². The summed E-state index contributed by atoms with van der Waals surface area (Å²) >= 11 is 5.99. The highest BCUT2D eigenvalue weighted by Gasteiger charge is 2.11. The first-order valence-corrected chi connectivity index (χ1v) is 6.24. The number of halogens is 1. The lowest BCUT2D eigenvalue weighted by Crippen LogP contribution is -2.26. The molecule has 3 nitrogen and oxygen atoms in total. The number of nitrogen functional groups attached to an aromatic ring is 1. The molecule has 0 aromatic heterocycles. The molecule has 0 aliphatic heterocycles. The minimum Gasteiger partial charge on any atom is -0.398 e. The standard InChI is InChI=1S/C13H21ClN2O/c1-8(2)4-10(7-17)16-13-6-11(14)12(15)5-9(13)3/h5-6,8,10,16-17H,4,7,15H2,1-3H3. The Balaban J connectivity index is 2.82. The number of benzene rings is 1. The van der Waals surface area contributed by atoms with E-state index in [4.69, 9.17) is 17.3 Å². The highest BCUT2D eigenvalue weighted by atomic mass is 35.5. The van der Waals surface area contributed by atoms with E-state index >= 15 is 0 Å². The summed E-state index contributed by atoms with van der Waals surface area (Å²) in [5.74, 6) is 0.532. The zero-order chi connectivity index (χ0) is 13.0. The Bertz CT molecular complexity index is 380. The Hall–Kier alpha value is -0.930. The zero-order valence-corrected chi connectivity index (χ0v) is 11.4. The van der Waals surface area contributed by atoms with Crippen molar-refractivity contribution in [2.45, 2.75) is 33.2 Å². The van der Waals surface area contributed by atoms with Crippen LogP contribution in [0.1, 0.15) is 25.8 Å². The topological polar surface area (TPSA) is 58.3 Å². The van der Waals surface area contributed by atoms with Gasteiger partial charge in [-0.3, -0.25) is 0 Å². The van der Waals surface area contributed by atoms with Crippen molar-refractivity contribution in [1.82, 2.24) is 0 Å². The normalized spacial score (nSPS) is 12.8. The second-order valence-corrected chi connectivity index (χ2v) is 5.25. The van der Waals surface area contributed by atoms with Crippen LogP contribution >= 0.6 is 11.6 Å². The molecule has 0 saturated carbocycles. The lowest BCUT2D eigenvalue weighted by Gasteiger charge is -2.21. The lowest BCUT2D eigenvalue weighted by atomic mass is 10.0. The Morgan fingerprint density at radius 2 is 2.06 bits per heavy atom. The predicted octanol–water partition coefficient (Wildman–Crippen LogP) is 3.05. The summed E-state index contributed by atoms with van der Waals surface area (Å²) in [6.45, 7) is 6.35. The minimum atomic E-state index is 0.0494. The molecule has 0 heterocycles. The third-order valence-corrected chi connectivity index (χ3v) is 3.01. The van der Waals surface area contributed by atoms with Gasteiger partial charge in [0.2, 0.25) is 0 Å². The van der Waals surface area contributed by atoms with Crippen molar-refractivity contribution in [2.24, 2.45) is 5.92 Å². The number of nitrogens with two attached hydrogens (primary N) is 1. The molecule has 4 heteroatoms. The Morgan fingerprint density at radius 3 is 2.59 bits per heavy atom. The van der Waals surface area contributed by atoms with E-state index in [9.17, 15) is 5.11 Å². The van der Waals surface area contributed by atoms with E-state index in [1.165, 1.54) is 0 Å². The number of hydrogen-bond donors (Lipinski definition) is 3. The molecule has 1 rings (SSSR count). The zero-order valence-electron chi connectivity index (χ0n) is 10.6. The molecule has 1 aromatic carbocycles. The maximum Gasteiger partial charge on any atom is 0.0656 e. The minimum absolute atomic E-state index is 0.0494. The van der Waals surface area contributed by atoms with Gasteiger partial charge in [-0.2, -0.15) is 0 Å². The van der Waals surface area contributed by atoms with Crippen LogP contribution in [0, 0.1) is 12.8 Å². The van der Waals surface area contributed by atoms with Gasteiger partial charge < -0.3 is 16.2 Å². The SMILES string of the molecule is Cc1cc(N)c(Cl)cc1NC(CO)CC(C)C. The maximum absolute atomic E-state index is 9.33. The molecule has 0 amide bonds. The molecule has 0 bridgehead atoms. The molecule has 4 N–H and O–H groups in total. The fraction of sp³-hybridized carbons (Fsp3) is 0.538. The number of aliphatic hydroxyl groups is 1. The van der Waals surface area contributed by atoms with Crippen molar-refractivity contribution in [3.63, 3.8) is 0 Å². The molecule has 1 atom stereocenters. The molecule has 1 aromatic rings. The van der Waals surface area contributed by atoms with Crippen molar-refractivity contribution < 1.29 is 5.11 Å². The molecule has 0 aliphatic rings. The van der Waals surface area contributed by atoms with Gasteiger partial charge in [-0.25, -0.2) is 0 Å². The van der Waals surface area contributed by atoms with Crippen LogP contribution in [0.25, 0.3) is 0 Å². The summed E-state index contributed by atoms with van der Waals surface area (Å²) in [6.07, 6.45) is 0.915. The molecule has 0 saturated heterocycles. The van der Waals surface area contributed by atoms with Crippen molar-refractivity contribution in [2.75, 3.05) is 17.7 Å². The number of nitrogens with one attached hydrogen (secondary N) is 1. The van der Waals surface area contributed by atoms with Crippen LogP contribution in [0.15, 0.2) is 12.1 Å². The molecule has 0 radical (unpaired) electrons. The summed E-state index contributed by atoms with van der Waals surface area (Å²) in [5, 5.41) is 13.2. The summed E-state index contributed by atoms with van der Waals surface area (Å²) in [6, 6.07) is 3.71. The van der Waals surface area contributed by atoms with E-state index in [1.54, 1.807) is 0 Å². The summed E-state index contributed by atoms with van der Waals surface area (Å²) in [5.41, 5.74) is 8.28. The second-order valence-electron chi connectivity index (χ2n) is 4.84. The van der Waals surface area contributed by atoms with Crippen molar-refractivity contribution in [1.29, 1.82) is 0 Å². The molecule has 0 fully saturated rings. The van der Waals surface area contributed by atoms with Crippen molar-refractivity contribution in [3.8, 4) is 0 Å². The molecular formula is C13H21ClN2O. The first-order valence-electron chi connectivity index (χ1n) is 5.87. The van der Waals surface area contributed by atoms with Crippen LogP contribution < -0.4 is 11.1 Å². The largest absolute Gasteiger partial charge is 0.398 e. The molecule has 0 spiro atoms. The molecule has 96 valence electrons. The lowest BCUT2D eigenvalue weighted by molar-refractivity contribution is 0.259. The first kappa shape index (κ1) is 14.1. The van der Waals surface area contributed by atoms with E-state index in [0.717, 1.165) is 17.7 Å². The number of hydrogen-bond acceptors (Lipinski definition) is 3. The van der Waals surface area contributed by atoms with Crippen LogP contribution in [0.2, 0.25) is 5.02 Å². The Labute approximate surface area is 108 Å². The molecular weight excluding hydrogens is 236 g/mol. The van der Waals surface area contributed by atoms with Gasteiger partial charge in [0.15, 0.2) is 0 Å². The van der Waals surface area contributed by atoms with Gasteiger partial charge in [0.25, 0.3) is 0 Å². The monoisotopic (exact) mass is 256 g/mol. The molecule has 0 aliphatic carbocycles. The number of aliphatic hydroxyl groups excluding tert-OH is 1. The highest BCUT2D eigenvalue weighted by Crippen LogP contribution is 2.27. The first-order chi connectivity index (χ1) is 7.93. The van der Waals surface area contributed by atoms with Gasteiger partial charge >= 0.3 is 0 Å². The average molecular weight is 257 g/mol. The summed E-state index contributed by atoms with van der Waals surface area (Å²) < 4.78 is 0. The summed E-state index contributed by atoms with van der Waals surface area (Å²) in [4.78, 5) is 0. The predicted molar refractivity (Wildman–Crippen MR) is 74.6 cm³/mol.